The van der Waals surface area contributed by atoms with Crippen molar-refractivity contribution in [2.45, 2.75) is 44.4 Å². The van der Waals surface area contributed by atoms with Crippen molar-refractivity contribution in [3.05, 3.63) is 0 Å². The van der Waals surface area contributed by atoms with Gasteiger partial charge in [0, 0.05) is 19.1 Å². The van der Waals surface area contributed by atoms with Gasteiger partial charge >= 0.3 is 0 Å². The molecule has 1 heterocycles. The van der Waals surface area contributed by atoms with Crippen molar-refractivity contribution in [2.24, 2.45) is 5.73 Å². The first-order valence-corrected chi connectivity index (χ1v) is 6.44. The van der Waals surface area contributed by atoms with E-state index in [1.807, 2.05) is 0 Å². The van der Waals surface area contributed by atoms with Crippen LogP contribution in [-0.2, 0) is 10.0 Å². The van der Waals surface area contributed by atoms with Crippen LogP contribution in [0.1, 0.15) is 33.6 Å². The average molecular weight is 220 g/mol. The van der Waals surface area contributed by atoms with Gasteiger partial charge in [-0.2, -0.15) is 4.31 Å². The molecule has 0 aromatic rings. The summed E-state index contributed by atoms with van der Waals surface area (Å²) in [5.41, 5.74) is 5.76. The summed E-state index contributed by atoms with van der Waals surface area (Å²) in [6.07, 6.45) is 1.80. The van der Waals surface area contributed by atoms with Crippen LogP contribution < -0.4 is 5.73 Å². The molecule has 0 aromatic heterocycles. The molecule has 84 valence electrons. The second-order valence-corrected chi connectivity index (χ2v) is 7.57. The largest absolute Gasteiger partial charge is 0.327 e. The van der Waals surface area contributed by atoms with Crippen molar-refractivity contribution in [1.82, 2.24) is 4.31 Å². The number of nitrogens with two attached hydrogens (primary N) is 1. The van der Waals surface area contributed by atoms with Gasteiger partial charge in [0.15, 0.2) is 0 Å². The molecule has 1 atom stereocenters. The summed E-state index contributed by atoms with van der Waals surface area (Å²) in [5, 5.41) is 0. The normalized spacial score (nSPS) is 26.4. The summed E-state index contributed by atoms with van der Waals surface area (Å²) >= 11 is 0. The fraction of sp³-hybridized carbons (Fsp3) is 1.00. The maximum Gasteiger partial charge on any atom is 0.219 e. The van der Waals surface area contributed by atoms with Crippen LogP contribution in [0.5, 0.6) is 0 Å². The third-order valence-corrected chi connectivity index (χ3v) is 5.09. The van der Waals surface area contributed by atoms with Crippen LogP contribution in [0.15, 0.2) is 0 Å². The number of nitrogens with zero attached hydrogens (tertiary/aromatic N) is 1. The summed E-state index contributed by atoms with van der Waals surface area (Å²) in [7, 11) is -3.18. The Kier molecular flexibility index (Phi) is 3.23. The van der Waals surface area contributed by atoms with Crippen molar-refractivity contribution in [1.29, 1.82) is 0 Å². The second-order valence-electron chi connectivity index (χ2n) is 4.88. The molecule has 1 aliphatic heterocycles. The number of rotatable bonds is 1. The van der Waals surface area contributed by atoms with Crippen LogP contribution in [-0.4, -0.2) is 36.6 Å². The van der Waals surface area contributed by atoms with Crippen LogP contribution in [0, 0.1) is 0 Å². The summed E-state index contributed by atoms with van der Waals surface area (Å²) in [4.78, 5) is 0. The van der Waals surface area contributed by atoms with Crippen LogP contribution >= 0.6 is 0 Å². The van der Waals surface area contributed by atoms with E-state index >= 15 is 0 Å². The van der Waals surface area contributed by atoms with Crippen LogP contribution in [0.25, 0.3) is 0 Å². The molecule has 0 spiro atoms. The van der Waals surface area contributed by atoms with Gasteiger partial charge in [0.05, 0.1) is 4.75 Å². The lowest BCUT2D eigenvalue weighted by atomic mass is 10.1. The highest BCUT2D eigenvalue weighted by atomic mass is 32.2. The zero-order valence-electron chi connectivity index (χ0n) is 9.16. The monoisotopic (exact) mass is 220 g/mol. The molecule has 1 aliphatic rings. The first-order chi connectivity index (χ1) is 6.25. The number of piperidine rings is 1. The summed E-state index contributed by atoms with van der Waals surface area (Å²) in [5.74, 6) is 0. The number of sulfonamides is 1. The molecule has 1 rings (SSSR count). The molecule has 0 bridgehead atoms. The number of hydrogen-bond donors (Lipinski definition) is 1. The van der Waals surface area contributed by atoms with Crippen LogP contribution in [0.3, 0.4) is 0 Å². The minimum Gasteiger partial charge on any atom is -0.327 e. The molecule has 1 unspecified atom stereocenters. The zero-order chi connectivity index (χ0) is 11.0. The van der Waals surface area contributed by atoms with Gasteiger partial charge < -0.3 is 5.73 Å². The summed E-state index contributed by atoms with van der Waals surface area (Å²) in [6.45, 7) is 6.26. The average Bonchev–Trinajstić information content (AvgIpc) is 2.02. The Bertz CT molecular complexity index is 292. The molecular formula is C9H20N2O2S. The van der Waals surface area contributed by atoms with Crippen molar-refractivity contribution in [2.75, 3.05) is 13.1 Å². The van der Waals surface area contributed by atoms with Gasteiger partial charge in [-0.05, 0) is 33.6 Å². The molecule has 1 fully saturated rings. The Balaban J connectivity index is 2.83. The van der Waals surface area contributed by atoms with E-state index in [-0.39, 0.29) is 6.04 Å². The van der Waals surface area contributed by atoms with Crippen molar-refractivity contribution in [3.63, 3.8) is 0 Å². The fourth-order valence-corrected chi connectivity index (χ4v) is 3.11. The van der Waals surface area contributed by atoms with E-state index < -0.39 is 14.8 Å². The summed E-state index contributed by atoms with van der Waals surface area (Å²) in [6, 6.07) is 0.000810. The van der Waals surface area contributed by atoms with Gasteiger partial charge in [-0.3, -0.25) is 0 Å². The molecule has 0 saturated carbocycles. The molecule has 1 saturated heterocycles. The molecule has 2 N–H and O–H groups in total. The zero-order valence-corrected chi connectivity index (χ0v) is 9.97. The predicted molar refractivity (Wildman–Crippen MR) is 57.5 cm³/mol. The molecule has 0 amide bonds. The van der Waals surface area contributed by atoms with E-state index in [9.17, 15) is 8.42 Å². The smallest absolute Gasteiger partial charge is 0.219 e. The van der Waals surface area contributed by atoms with Gasteiger partial charge in [0.25, 0.3) is 0 Å². The lowest BCUT2D eigenvalue weighted by Gasteiger charge is -2.34. The first-order valence-electron chi connectivity index (χ1n) is 5.00. The Hall–Kier alpha value is -0.130. The van der Waals surface area contributed by atoms with Gasteiger partial charge in [-0.25, -0.2) is 8.42 Å². The van der Waals surface area contributed by atoms with Crippen LogP contribution in [0.4, 0.5) is 0 Å². The van der Waals surface area contributed by atoms with Gasteiger partial charge in [-0.1, -0.05) is 0 Å². The highest BCUT2D eigenvalue weighted by molar-refractivity contribution is 7.90. The lowest BCUT2D eigenvalue weighted by molar-refractivity contribution is 0.308. The molecule has 0 aliphatic carbocycles. The SMILES string of the molecule is CC(C)(C)S(=O)(=O)N1CCCC(N)C1. The quantitative estimate of drug-likeness (QED) is 0.701. The Morgan fingerprint density at radius 2 is 1.93 bits per heavy atom. The van der Waals surface area contributed by atoms with Gasteiger partial charge in [0.2, 0.25) is 10.0 Å². The standard InChI is InChI=1S/C9H20N2O2S/c1-9(2,3)14(12,13)11-6-4-5-8(10)7-11/h8H,4-7,10H2,1-3H3. The molecule has 4 nitrogen and oxygen atoms in total. The van der Waals surface area contributed by atoms with Crippen molar-refractivity contribution >= 4 is 10.0 Å². The van der Waals surface area contributed by atoms with E-state index in [0.29, 0.717) is 13.1 Å². The Labute approximate surface area is 86.5 Å². The van der Waals surface area contributed by atoms with E-state index in [1.54, 1.807) is 20.8 Å². The molecule has 0 radical (unpaired) electrons. The minimum absolute atomic E-state index is 0.000810. The first kappa shape index (κ1) is 11.9. The fourth-order valence-electron chi connectivity index (χ4n) is 1.58. The van der Waals surface area contributed by atoms with E-state index in [4.69, 9.17) is 5.73 Å². The third kappa shape index (κ3) is 2.27. The minimum atomic E-state index is -3.18. The maximum atomic E-state index is 12.0. The molecule has 0 aromatic carbocycles. The Morgan fingerprint density at radius 1 is 1.36 bits per heavy atom. The third-order valence-electron chi connectivity index (χ3n) is 2.53. The topological polar surface area (TPSA) is 63.4 Å². The van der Waals surface area contributed by atoms with E-state index in [0.717, 1.165) is 12.8 Å². The van der Waals surface area contributed by atoms with Gasteiger partial charge in [-0.15, -0.1) is 0 Å². The summed E-state index contributed by atoms with van der Waals surface area (Å²) < 4.78 is 24.9. The van der Waals surface area contributed by atoms with Crippen molar-refractivity contribution in [3.8, 4) is 0 Å². The molecule has 5 heteroatoms. The molecule has 14 heavy (non-hydrogen) atoms. The van der Waals surface area contributed by atoms with Crippen LogP contribution in [0.2, 0.25) is 0 Å². The van der Waals surface area contributed by atoms with Crippen molar-refractivity contribution < 1.29 is 8.42 Å². The predicted octanol–water partition coefficient (Wildman–Crippen LogP) is 0.538. The van der Waals surface area contributed by atoms with E-state index in [2.05, 4.69) is 0 Å². The number of hydrogen-bond acceptors (Lipinski definition) is 3. The van der Waals surface area contributed by atoms with Gasteiger partial charge in [0.1, 0.15) is 0 Å². The molecular weight excluding hydrogens is 200 g/mol. The lowest BCUT2D eigenvalue weighted by Crippen LogP contribution is -2.50. The van der Waals surface area contributed by atoms with E-state index in [1.165, 1.54) is 4.31 Å². The highest BCUT2D eigenvalue weighted by Gasteiger charge is 2.36. The highest BCUT2D eigenvalue weighted by Crippen LogP contribution is 2.23. The Morgan fingerprint density at radius 3 is 2.36 bits per heavy atom. The maximum absolute atomic E-state index is 12.0. The second kappa shape index (κ2) is 3.79.